The predicted molar refractivity (Wildman–Crippen MR) is 171 cm³/mol. The van der Waals surface area contributed by atoms with Gasteiger partial charge in [0.1, 0.15) is 17.3 Å². The highest BCUT2D eigenvalue weighted by Crippen LogP contribution is 2.43. The Bertz CT molecular complexity index is 1640. The third-order valence-corrected chi connectivity index (χ3v) is 8.69. The zero-order valence-electron chi connectivity index (χ0n) is 24.6. The first-order chi connectivity index (χ1) is 21.1. The van der Waals surface area contributed by atoms with Gasteiger partial charge in [-0.3, -0.25) is 9.69 Å². The number of para-hydroxylation sites is 1. The average Bonchev–Trinajstić information content (AvgIpc) is 3.05. The molecule has 7 rings (SSSR count). The largest absolute Gasteiger partial charge is 0.456 e. The number of hydrogen-bond acceptors (Lipinski definition) is 8. The van der Waals surface area contributed by atoms with E-state index in [-0.39, 0.29) is 5.56 Å². The van der Waals surface area contributed by atoms with Crippen molar-refractivity contribution in [2.24, 2.45) is 0 Å². The monoisotopic (exact) mass is 578 g/mol. The Labute approximate surface area is 251 Å². The summed E-state index contributed by atoms with van der Waals surface area (Å²) < 4.78 is 12.0. The number of H-pyrrole nitrogens is 1. The van der Waals surface area contributed by atoms with Crippen LogP contribution in [0.3, 0.4) is 0 Å². The number of likely N-dealkylation sites (tertiary alicyclic amines) is 1. The number of hydrogen-bond donors (Lipinski definition) is 3. The third-order valence-electron chi connectivity index (χ3n) is 8.69. The van der Waals surface area contributed by atoms with E-state index in [0.29, 0.717) is 19.3 Å². The number of aromatic amines is 1. The van der Waals surface area contributed by atoms with Crippen LogP contribution in [0.2, 0.25) is 0 Å². The van der Waals surface area contributed by atoms with Crippen LogP contribution in [-0.2, 0) is 17.7 Å². The molecule has 0 spiro atoms. The van der Waals surface area contributed by atoms with Crippen LogP contribution >= 0.6 is 0 Å². The minimum absolute atomic E-state index is 0.116. The van der Waals surface area contributed by atoms with Gasteiger partial charge in [0, 0.05) is 87.0 Å². The summed E-state index contributed by atoms with van der Waals surface area (Å²) in [6, 6.07) is 21.0. The standard InChI is InChI=1S/C34H38N6O3/c1-35-32-8-5-23(21-36-32)22-39-11-9-26(10-12-39)37-27-6-7-31-25(18-27)17-24-3-2-4-29(34(24)43-31)30-19-28(20-33(41)38-30)40-13-15-42-16-14-40/h2-8,18-21,26,37H,9-17,22H2,1H3,(H,35,36)(H,38,41). The van der Waals surface area contributed by atoms with Gasteiger partial charge in [-0.05, 0) is 60.4 Å². The van der Waals surface area contributed by atoms with Crippen molar-refractivity contribution in [3.8, 4) is 22.8 Å². The second-order valence-electron chi connectivity index (χ2n) is 11.6. The number of anilines is 3. The van der Waals surface area contributed by atoms with Gasteiger partial charge in [0.05, 0.1) is 18.9 Å². The molecule has 0 amide bonds. The maximum absolute atomic E-state index is 12.6. The zero-order chi connectivity index (χ0) is 29.2. The summed E-state index contributed by atoms with van der Waals surface area (Å²) in [5, 5.41) is 6.86. The molecule has 2 aromatic carbocycles. The van der Waals surface area contributed by atoms with Crippen molar-refractivity contribution in [2.75, 3.05) is 62.0 Å². The Morgan fingerprint density at radius 2 is 1.84 bits per heavy atom. The van der Waals surface area contributed by atoms with E-state index < -0.39 is 0 Å². The second-order valence-corrected chi connectivity index (χ2v) is 11.6. The molecule has 3 aliphatic heterocycles. The lowest BCUT2D eigenvalue weighted by Crippen LogP contribution is -2.38. The Morgan fingerprint density at radius 1 is 0.977 bits per heavy atom. The van der Waals surface area contributed by atoms with Gasteiger partial charge in [-0.25, -0.2) is 4.98 Å². The van der Waals surface area contributed by atoms with Crippen LogP contribution in [0.1, 0.15) is 29.5 Å². The van der Waals surface area contributed by atoms with E-state index in [9.17, 15) is 4.79 Å². The highest BCUT2D eigenvalue weighted by Gasteiger charge is 2.24. The molecule has 9 heteroatoms. The SMILES string of the molecule is CNc1ccc(CN2CCC(Nc3ccc4c(c3)Cc3cccc(-c5cc(N6CCOCC6)cc(=O)[nH]5)c3O4)CC2)cn1. The van der Waals surface area contributed by atoms with Crippen LogP contribution in [-0.4, -0.2) is 67.4 Å². The summed E-state index contributed by atoms with van der Waals surface area (Å²) in [7, 11) is 1.89. The molecular formula is C34H38N6O3. The van der Waals surface area contributed by atoms with Crippen LogP contribution in [0.5, 0.6) is 11.5 Å². The lowest BCUT2D eigenvalue weighted by Gasteiger charge is -2.33. The number of piperidine rings is 1. The molecule has 222 valence electrons. The minimum Gasteiger partial charge on any atom is -0.456 e. The molecule has 3 aliphatic rings. The number of nitrogens with one attached hydrogen (secondary N) is 3. The molecule has 0 bridgehead atoms. The molecule has 0 aliphatic carbocycles. The first kappa shape index (κ1) is 27.5. The van der Waals surface area contributed by atoms with Crippen molar-refractivity contribution in [1.29, 1.82) is 0 Å². The Morgan fingerprint density at radius 3 is 2.63 bits per heavy atom. The molecule has 43 heavy (non-hydrogen) atoms. The quantitative estimate of drug-likeness (QED) is 0.246. The molecular weight excluding hydrogens is 540 g/mol. The molecule has 0 unspecified atom stereocenters. The normalized spacial score (nSPS) is 17.1. The molecule has 2 aromatic heterocycles. The molecule has 3 N–H and O–H groups in total. The summed E-state index contributed by atoms with van der Waals surface area (Å²) in [6.07, 6.45) is 4.95. The molecule has 2 fully saturated rings. The number of ether oxygens (including phenoxy) is 2. The molecule has 0 saturated carbocycles. The number of morpholine rings is 1. The van der Waals surface area contributed by atoms with E-state index in [1.54, 1.807) is 6.07 Å². The fraction of sp³-hybridized carbons (Fsp3) is 0.353. The number of aromatic nitrogens is 2. The van der Waals surface area contributed by atoms with Crippen molar-refractivity contribution < 1.29 is 9.47 Å². The van der Waals surface area contributed by atoms with E-state index >= 15 is 0 Å². The van der Waals surface area contributed by atoms with Gasteiger partial charge < -0.3 is 30.0 Å². The van der Waals surface area contributed by atoms with E-state index in [1.807, 2.05) is 31.4 Å². The van der Waals surface area contributed by atoms with Crippen molar-refractivity contribution in [3.05, 3.63) is 93.9 Å². The molecule has 2 saturated heterocycles. The number of fused-ring (bicyclic) bond motifs is 2. The lowest BCUT2D eigenvalue weighted by atomic mass is 9.95. The predicted octanol–water partition coefficient (Wildman–Crippen LogP) is 5.09. The van der Waals surface area contributed by atoms with Crippen LogP contribution < -0.4 is 25.8 Å². The van der Waals surface area contributed by atoms with E-state index in [4.69, 9.17) is 9.47 Å². The number of benzene rings is 2. The highest BCUT2D eigenvalue weighted by atomic mass is 16.5. The number of nitrogens with zero attached hydrogens (tertiary/aromatic N) is 3. The van der Waals surface area contributed by atoms with Gasteiger partial charge in [-0.15, -0.1) is 0 Å². The molecule has 0 radical (unpaired) electrons. The lowest BCUT2D eigenvalue weighted by molar-refractivity contribution is 0.122. The van der Waals surface area contributed by atoms with Crippen molar-refractivity contribution in [3.63, 3.8) is 0 Å². The van der Waals surface area contributed by atoms with E-state index in [2.05, 4.69) is 66.8 Å². The van der Waals surface area contributed by atoms with Gasteiger partial charge in [-0.2, -0.15) is 0 Å². The smallest absolute Gasteiger partial charge is 0.250 e. The number of rotatable bonds is 7. The molecule has 9 nitrogen and oxygen atoms in total. The third kappa shape index (κ3) is 6.09. The van der Waals surface area contributed by atoms with Gasteiger partial charge in [0.25, 0.3) is 0 Å². The summed E-state index contributed by atoms with van der Waals surface area (Å²) in [5.41, 5.74) is 7.13. The second kappa shape index (κ2) is 12.1. The van der Waals surface area contributed by atoms with Crippen LogP contribution in [0.15, 0.2) is 71.7 Å². The van der Waals surface area contributed by atoms with Gasteiger partial charge in [0.15, 0.2) is 0 Å². The van der Waals surface area contributed by atoms with Gasteiger partial charge in [0.2, 0.25) is 5.56 Å². The zero-order valence-corrected chi connectivity index (χ0v) is 24.6. The van der Waals surface area contributed by atoms with E-state index in [1.165, 1.54) is 11.1 Å². The first-order valence-corrected chi connectivity index (χ1v) is 15.2. The maximum Gasteiger partial charge on any atom is 0.250 e. The fourth-order valence-corrected chi connectivity index (χ4v) is 6.35. The van der Waals surface area contributed by atoms with Crippen LogP contribution in [0.25, 0.3) is 11.3 Å². The average molecular weight is 579 g/mol. The molecule has 5 heterocycles. The summed E-state index contributed by atoms with van der Waals surface area (Å²) in [5.74, 6) is 2.58. The van der Waals surface area contributed by atoms with Gasteiger partial charge in [-0.1, -0.05) is 18.2 Å². The van der Waals surface area contributed by atoms with Crippen LogP contribution in [0.4, 0.5) is 17.2 Å². The summed E-state index contributed by atoms with van der Waals surface area (Å²) in [4.78, 5) is 24.8. The van der Waals surface area contributed by atoms with Crippen molar-refractivity contribution in [2.45, 2.75) is 31.8 Å². The Kier molecular flexibility index (Phi) is 7.74. The summed E-state index contributed by atoms with van der Waals surface area (Å²) >= 11 is 0. The Balaban J connectivity index is 1.02. The van der Waals surface area contributed by atoms with Crippen molar-refractivity contribution in [1.82, 2.24) is 14.9 Å². The number of pyridine rings is 2. The first-order valence-electron chi connectivity index (χ1n) is 15.2. The minimum atomic E-state index is -0.116. The molecule has 4 aromatic rings. The molecule has 0 atom stereocenters. The Hall–Kier alpha value is -4.34. The van der Waals surface area contributed by atoms with Gasteiger partial charge >= 0.3 is 0 Å². The van der Waals surface area contributed by atoms with Crippen LogP contribution in [0, 0.1) is 0 Å². The van der Waals surface area contributed by atoms with E-state index in [0.717, 1.165) is 97.5 Å². The summed E-state index contributed by atoms with van der Waals surface area (Å²) in [6.45, 7) is 5.95. The topological polar surface area (TPSA) is 94.8 Å². The highest BCUT2D eigenvalue weighted by molar-refractivity contribution is 5.74. The fourth-order valence-electron chi connectivity index (χ4n) is 6.35. The van der Waals surface area contributed by atoms with Crippen molar-refractivity contribution >= 4 is 17.2 Å². The maximum atomic E-state index is 12.6.